The highest BCUT2D eigenvalue weighted by Gasteiger charge is 2.28. The molecule has 3 aromatic rings. The third-order valence-electron chi connectivity index (χ3n) is 3.66. The Balaban J connectivity index is 2.14. The highest BCUT2D eigenvalue weighted by atomic mass is 32.2. The van der Waals surface area contributed by atoms with E-state index in [1.807, 2.05) is 30.8 Å². The van der Waals surface area contributed by atoms with Gasteiger partial charge in [-0.2, -0.15) is 5.10 Å². The van der Waals surface area contributed by atoms with Crippen LogP contribution in [0.2, 0.25) is 0 Å². The fourth-order valence-corrected chi connectivity index (χ4v) is 4.16. The van der Waals surface area contributed by atoms with Gasteiger partial charge in [0.2, 0.25) is 10.4 Å². The molecular formula is C18H18FN3O2S. The molecule has 0 bridgehead atoms. The molecule has 0 spiro atoms. The molecule has 1 aromatic carbocycles. The molecule has 0 radical (unpaired) electrons. The first kappa shape index (κ1) is 17.3. The summed E-state index contributed by atoms with van der Waals surface area (Å²) in [6.07, 6.45) is 1.57. The molecular weight excluding hydrogens is 341 g/mol. The number of hydrogen-bond acceptors (Lipinski definition) is 4. The fourth-order valence-electron chi connectivity index (χ4n) is 2.57. The molecule has 0 aliphatic heterocycles. The van der Waals surface area contributed by atoms with E-state index < -0.39 is 16.4 Å². The number of aromatic nitrogens is 3. The molecule has 1 unspecified atom stereocenters. The molecule has 5 nitrogen and oxygen atoms in total. The Morgan fingerprint density at radius 2 is 1.96 bits per heavy atom. The van der Waals surface area contributed by atoms with Crippen LogP contribution in [0.25, 0.3) is 16.2 Å². The predicted octanol–water partition coefficient (Wildman–Crippen LogP) is 2.87. The largest absolute Gasteiger partial charge is 0.550 e. The number of carboxylic acid groups (broad SMARTS) is 1. The summed E-state index contributed by atoms with van der Waals surface area (Å²) in [6.45, 7) is 6.13. The Bertz CT molecular complexity index is 907. The lowest BCUT2D eigenvalue weighted by Gasteiger charge is -2.22. The van der Waals surface area contributed by atoms with Crippen molar-refractivity contribution in [2.24, 2.45) is 0 Å². The first-order valence-corrected chi connectivity index (χ1v) is 9.12. The number of thiazole rings is 1. The van der Waals surface area contributed by atoms with Gasteiger partial charge in [0, 0.05) is 28.4 Å². The summed E-state index contributed by atoms with van der Waals surface area (Å²) < 4.78 is 15.2. The van der Waals surface area contributed by atoms with Gasteiger partial charge in [-0.1, -0.05) is 0 Å². The molecule has 3 rings (SSSR count). The number of rotatable bonds is 4. The summed E-state index contributed by atoms with van der Waals surface area (Å²) in [5.74, 6) is -1.45. The smallest absolute Gasteiger partial charge is 0.235 e. The molecule has 25 heavy (non-hydrogen) atoms. The van der Waals surface area contributed by atoms with E-state index in [1.54, 1.807) is 23.8 Å². The first-order valence-electron chi connectivity index (χ1n) is 7.77. The second-order valence-corrected chi connectivity index (χ2v) is 8.34. The van der Waals surface area contributed by atoms with E-state index >= 15 is 0 Å². The topological polar surface area (TPSA) is 70.8 Å². The molecule has 130 valence electrons. The zero-order valence-electron chi connectivity index (χ0n) is 14.2. The van der Waals surface area contributed by atoms with Crippen molar-refractivity contribution in [1.82, 2.24) is 14.8 Å². The molecule has 7 heteroatoms. The van der Waals surface area contributed by atoms with Crippen molar-refractivity contribution in [1.29, 1.82) is 0 Å². The molecule has 0 saturated carbocycles. The monoisotopic (exact) mass is 359 g/mol. The quantitative estimate of drug-likeness (QED) is 0.672. The van der Waals surface area contributed by atoms with Crippen molar-refractivity contribution in [2.75, 3.05) is 0 Å². The van der Waals surface area contributed by atoms with Gasteiger partial charge < -0.3 is 9.90 Å². The Hall–Kier alpha value is -2.54. The van der Waals surface area contributed by atoms with Crippen LogP contribution in [0.5, 0.6) is 0 Å². The summed E-state index contributed by atoms with van der Waals surface area (Å²) in [7, 11) is -0.490. The van der Waals surface area contributed by atoms with Gasteiger partial charge in [-0.25, -0.2) is 9.37 Å². The summed E-state index contributed by atoms with van der Waals surface area (Å²) in [4.78, 5) is 15.9. The Morgan fingerprint density at radius 1 is 1.28 bits per heavy atom. The summed E-state index contributed by atoms with van der Waals surface area (Å²) in [5, 5.41) is 17.1. The summed E-state index contributed by atoms with van der Waals surface area (Å²) in [6, 6.07) is 6.28. The van der Waals surface area contributed by atoms with Crippen LogP contribution in [0.15, 0.2) is 41.4 Å². The molecule has 0 aliphatic rings. The number of nitrogens with zero attached hydrogens (tertiary/aromatic N) is 3. The number of hydrogen-bond donors (Lipinski definition) is 0. The van der Waals surface area contributed by atoms with E-state index in [9.17, 15) is 14.3 Å². The normalized spacial score (nSPS) is 12.4. The minimum absolute atomic E-state index is 0.209. The Kier molecular flexibility index (Phi) is 4.43. The van der Waals surface area contributed by atoms with Crippen molar-refractivity contribution < 1.29 is 14.3 Å². The van der Waals surface area contributed by atoms with Gasteiger partial charge in [-0.3, -0.25) is 4.68 Å². The van der Waals surface area contributed by atoms with Gasteiger partial charge in [-0.15, -0.1) is 0 Å². The van der Waals surface area contributed by atoms with Gasteiger partial charge in [0.15, 0.2) is 5.38 Å². The maximum Gasteiger partial charge on any atom is 0.235 e. The summed E-state index contributed by atoms with van der Waals surface area (Å²) in [5.41, 5.74) is 3.69. The lowest BCUT2D eigenvalue weighted by Crippen LogP contribution is -2.24. The van der Waals surface area contributed by atoms with E-state index in [0.29, 0.717) is 5.69 Å². The molecule has 0 N–H and O–H groups in total. The van der Waals surface area contributed by atoms with Crippen molar-refractivity contribution in [2.45, 2.75) is 32.7 Å². The third kappa shape index (κ3) is 3.61. The van der Waals surface area contributed by atoms with Gasteiger partial charge in [0.25, 0.3) is 0 Å². The number of carbonyl (C=O) groups excluding carboxylic acids is 1. The van der Waals surface area contributed by atoms with Crippen molar-refractivity contribution in [3.63, 3.8) is 0 Å². The highest BCUT2D eigenvalue weighted by molar-refractivity contribution is 7.37. The third-order valence-corrected chi connectivity index (χ3v) is 5.33. The van der Waals surface area contributed by atoms with Crippen LogP contribution >= 0.6 is 10.5 Å². The standard InChI is InChI=1S/C18H18FN3O2S/c1-18(2,3)22-17(12-4-6-13(19)7-5-12)15(9-21-22)25-10-14(20-11-25)8-16(23)24/h4-7,9-11H,8H2,1-3H3. The van der Waals surface area contributed by atoms with Crippen LogP contribution in [-0.2, 0) is 16.8 Å². The van der Waals surface area contributed by atoms with E-state index in [-0.39, 0.29) is 17.8 Å². The molecule has 1 atom stereocenters. The van der Waals surface area contributed by atoms with Crippen LogP contribution < -0.4 is 5.11 Å². The fraction of sp³-hybridized carbons (Fsp3) is 0.278. The second kappa shape index (κ2) is 6.40. The minimum Gasteiger partial charge on any atom is -0.550 e. The van der Waals surface area contributed by atoms with Crippen LogP contribution in [-0.4, -0.2) is 20.7 Å². The molecule has 0 saturated heterocycles. The molecule has 0 amide bonds. The Labute approximate surface area is 147 Å². The number of carbonyl (C=O) groups is 1. The lowest BCUT2D eigenvalue weighted by atomic mass is 10.1. The molecule has 0 aliphatic carbocycles. The maximum absolute atomic E-state index is 13.3. The zero-order valence-corrected chi connectivity index (χ0v) is 15.0. The van der Waals surface area contributed by atoms with E-state index in [1.165, 1.54) is 12.1 Å². The molecule has 0 fully saturated rings. The van der Waals surface area contributed by atoms with Crippen molar-refractivity contribution in [3.05, 3.63) is 52.9 Å². The first-order chi connectivity index (χ1) is 11.8. The van der Waals surface area contributed by atoms with Crippen LogP contribution in [0.3, 0.4) is 0 Å². The van der Waals surface area contributed by atoms with Crippen LogP contribution in [0.4, 0.5) is 4.39 Å². The molecule has 2 aromatic heterocycles. The van der Waals surface area contributed by atoms with E-state index in [0.717, 1.165) is 16.2 Å². The van der Waals surface area contributed by atoms with Gasteiger partial charge in [-0.05, 0) is 45.0 Å². The van der Waals surface area contributed by atoms with Gasteiger partial charge in [0.05, 0.1) is 5.54 Å². The minimum atomic E-state index is -1.15. The second-order valence-electron chi connectivity index (χ2n) is 6.71. The highest BCUT2D eigenvalue weighted by Crippen LogP contribution is 2.40. The number of aliphatic carboxylic acids is 1. The number of halogens is 1. The van der Waals surface area contributed by atoms with Gasteiger partial charge in [0.1, 0.15) is 23.4 Å². The predicted molar refractivity (Wildman–Crippen MR) is 92.9 cm³/mol. The molecule has 2 heterocycles. The Morgan fingerprint density at radius 3 is 2.56 bits per heavy atom. The van der Waals surface area contributed by atoms with E-state index in [2.05, 4.69) is 10.1 Å². The SMILES string of the molecule is CC(C)(C)n1ncc(-[s+]2cnc(CC(=O)[O-])c2)c1-c1ccc(F)cc1. The number of benzene rings is 1. The average molecular weight is 359 g/mol. The maximum atomic E-state index is 13.3. The van der Waals surface area contributed by atoms with Crippen molar-refractivity contribution >= 4 is 16.4 Å². The van der Waals surface area contributed by atoms with E-state index in [4.69, 9.17) is 0 Å². The lowest BCUT2D eigenvalue weighted by molar-refractivity contribution is -0.304. The van der Waals surface area contributed by atoms with Crippen LogP contribution in [0, 0.1) is 5.82 Å². The van der Waals surface area contributed by atoms with Crippen LogP contribution in [0.1, 0.15) is 26.5 Å². The number of carboxylic acids is 1. The average Bonchev–Trinajstić information content (AvgIpc) is 3.13. The van der Waals surface area contributed by atoms with Crippen molar-refractivity contribution in [3.8, 4) is 16.2 Å². The van der Waals surface area contributed by atoms with Gasteiger partial charge >= 0.3 is 0 Å². The summed E-state index contributed by atoms with van der Waals surface area (Å²) >= 11 is 0. The zero-order chi connectivity index (χ0) is 18.2.